The fourth-order valence-corrected chi connectivity index (χ4v) is 7.70. The van der Waals surface area contributed by atoms with Gasteiger partial charge in [-0.2, -0.15) is 0 Å². The second-order valence-corrected chi connectivity index (χ2v) is 16.3. The normalized spacial score (nSPS) is 16.5. The molecule has 0 unspecified atom stereocenters. The summed E-state index contributed by atoms with van der Waals surface area (Å²) in [6, 6.07) is 8.21. The Morgan fingerprint density at radius 1 is 0.810 bits per heavy atom. The number of unbranched alkanes of at least 4 members (excludes halogenated alkanes) is 2. The van der Waals surface area contributed by atoms with Crippen LogP contribution in [0.2, 0.25) is 0 Å². The number of carbonyl (C=O) groups excluding carboxylic acids is 2. The van der Waals surface area contributed by atoms with Gasteiger partial charge in [-0.3, -0.25) is 24.3 Å². The van der Waals surface area contributed by atoms with Crippen LogP contribution in [0.4, 0.5) is 0 Å². The lowest BCUT2D eigenvalue weighted by molar-refractivity contribution is -0.137. The van der Waals surface area contributed by atoms with E-state index in [1.165, 1.54) is 47.6 Å². The molecule has 2 aliphatic heterocycles. The van der Waals surface area contributed by atoms with E-state index in [-0.39, 0.29) is 11.8 Å². The van der Waals surface area contributed by atoms with E-state index in [0.717, 1.165) is 118 Å². The maximum Gasteiger partial charge on any atom is 0.253 e. The number of rotatable bonds is 31. The average Bonchev–Trinajstić information content (AvgIpc) is 3.79. The van der Waals surface area contributed by atoms with E-state index in [9.17, 15) is 9.59 Å². The number of benzene rings is 1. The number of aliphatic imine (C=N–C) groups is 1. The molecule has 3 heterocycles. The SMILES string of the molecule is C=c1ccn(Cc2ccc(COCCOCCOCCOCCNC(CN3CCN(CCN4C(=O)C=CC4=O)CC3)=C3CCC3)cc2OC)/c1=C(/N=C(/N)CCC)NCCCCC. The van der Waals surface area contributed by atoms with Crippen molar-refractivity contribution >= 4 is 30.0 Å². The number of methoxy groups -OCH3 is 1. The summed E-state index contributed by atoms with van der Waals surface area (Å²) in [6.07, 6.45) is 13.4. The number of nitrogens with two attached hydrogens (primary N) is 1. The molecule has 0 radical (unpaired) electrons. The lowest BCUT2D eigenvalue weighted by Crippen LogP contribution is -2.50. The van der Waals surface area contributed by atoms with Gasteiger partial charge in [-0.05, 0) is 60.6 Å². The Hall–Kier alpha value is -4.51. The lowest BCUT2D eigenvalue weighted by atomic mass is 9.90. The van der Waals surface area contributed by atoms with Gasteiger partial charge in [0.25, 0.3) is 11.8 Å². The molecule has 4 N–H and O–H groups in total. The van der Waals surface area contributed by atoms with E-state index in [1.807, 2.05) is 18.3 Å². The van der Waals surface area contributed by atoms with Gasteiger partial charge >= 0.3 is 0 Å². The van der Waals surface area contributed by atoms with E-state index >= 15 is 0 Å². The molecule has 15 nitrogen and oxygen atoms in total. The number of hydrogen-bond donors (Lipinski definition) is 3. The van der Waals surface area contributed by atoms with Gasteiger partial charge in [0, 0.05) is 94.9 Å². The van der Waals surface area contributed by atoms with Crippen molar-refractivity contribution in [3.8, 4) is 5.75 Å². The molecule has 2 amide bonds. The van der Waals surface area contributed by atoms with Gasteiger partial charge in [-0.25, -0.2) is 4.99 Å². The Balaban J connectivity index is 0.913. The molecule has 1 saturated heterocycles. The number of amidine groups is 1. The molecule has 0 spiro atoms. The average molecular weight is 875 g/mol. The van der Waals surface area contributed by atoms with Crippen LogP contribution in [0, 0.1) is 0 Å². The van der Waals surface area contributed by atoms with Crippen molar-refractivity contribution in [3.05, 3.63) is 75.6 Å². The molecule has 348 valence electrons. The minimum atomic E-state index is -0.207. The highest BCUT2D eigenvalue weighted by Crippen LogP contribution is 2.28. The van der Waals surface area contributed by atoms with Crippen LogP contribution >= 0.6 is 0 Å². The largest absolute Gasteiger partial charge is 0.496 e. The zero-order valence-electron chi connectivity index (χ0n) is 38.3. The molecule has 2 fully saturated rings. The highest BCUT2D eigenvalue weighted by molar-refractivity contribution is 6.12. The number of ether oxygens (including phenoxy) is 5. The topological polar surface area (TPSA) is 157 Å². The first-order valence-electron chi connectivity index (χ1n) is 23.1. The predicted molar refractivity (Wildman–Crippen MR) is 248 cm³/mol. The minimum Gasteiger partial charge on any atom is -0.496 e. The fourth-order valence-electron chi connectivity index (χ4n) is 7.70. The number of piperazine rings is 1. The Labute approximate surface area is 375 Å². The summed E-state index contributed by atoms with van der Waals surface area (Å²) < 4.78 is 31.2. The standard InChI is InChI=1S/C48H74N8O7/c1-5-7-8-18-51-48(52-44(49)10-6-2)47-38(3)17-20-55(47)35-41-14-13-39(34-43(41)59-4)37-63-33-32-62-31-30-61-29-28-60-27-19-50-42(40-11-9-12-40)36-54-23-21-53(22-24-54)25-26-56-45(57)15-16-46(56)58/h13-17,20,34,50-51H,3,5-12,18-19,21-33,35-37H2,1-2,4H3,(H2,49,52)/b48-47+. The van der Waals surface area contributed by atoms with Gasteiger partial charge in [-0.1, -0.05) is 45.4 Å². The van der Waals surface area contributed by atoms with Crippen LogP contribution in [-0.4, -0.2) is 149 Å². The first-order chi connectivity index (χ1) is 30.8. The molecule has 1 aromatic heterocycles. The van der Waals surface area contributed by atoms with Gasteiger partial charge in [0.2, 0.25) is 0 Å². The fraction of sp³-hybridized carbons (Fsp3) is 0.604. The molecule has 1 aliphatic carbocycles. The van der Waals surface area contributed by atoms with E-state index in [2.05, 4.69) is 57.6 Å². The predicted octanol–water partition coefficient (Wildman–Crippen LogP) is 3.09. The summed E-state index contributed by atoms with van der Waals surface area (Å²) in [7, 11) is 1.69. The molecule has 1 saturated carbocycles. The van der Waals surface area contributed by atoms with Gasteiger partial charge < -0.3 is 44.6 Å². The van der Waals surface area contributed by atoms with Gasteiger partial charge in [0.1, 0.15) is 11.6 Å². The number of aromatic nitrogens is 1. The molecular weight excluding hydrogens is 801 g/mol. The van der Waals surface area contributed by atoms with Crippen LogP contribution in [0.3, 0.4) is 0 Å². The molecule has 63 heavy (non-hydrogen) atoms. The number of allylic oxidation sites excluding steroid dienone is 1. The summed E-state index contributed by atoms with van der Waals surface area (Å²) in [5, 5.41) is 9.01. The molecule has 15 heteroatoms. The van der Waals surface area contributed by atoms with Crippen LogP contribution in [0.15, 0.2) is 58.9 Å². The number of amides is 2. The maximum absolute atomic E-state index is 11.8. The number of nitrogens with one attached hydrogen (secondary N) is 2. The van der Waals surface area contributed by atoms with E-state index in [0.29, 0.717) is 71.8 Å². The molecular formula is C48H74N8O7. The first-order valence-corrected chi connectivity index (χ1v) is 23.1. The Morgan fingerprint density at radius 2 is 1.49 bits per heavy atom. The first kappa shape index (κ1) is 49.5. The van der Waals surface area contributed by atoms with Crippen LogP contribution in [0.25, 0.3) is 12.4 Å². The molecule has 1 aromatic carbocycles. The number of imide groups is 1. The monoisotopic (exact) mass is 875 g/mol. The Kier molecular flexibility index (Phi) is 21.7. The molecule has 0 bridgehead atoms. The molecule has 3 aliphatic rings. The highest BCUT2D eigenvalue weighted by atomic mass is 16.6. The van der Waals surface area contributed by atoms with Gasteiger partial charge in [0.05, 0.1) is 71.9 Å². The van der Waals surface area contributed by atoms with Crippen LogP contribution in [0.1, 0.15) is 76.3 Å². The Morgan fingerprint density at radius 3 is 2.14 bits per heavy atom. The number of nitrogens with zero attached hydrogens (tertiary/aromatic N) is 5. The second-order valence-electron chi connectivity index (χ2n) is 16.3. The summed E-state index contributed by atoms with van der Waals surface area (Å²) in [5.41, 5.74) is 11.2. The molecule has 2 aromatic rings. The summed E-state index contributed by atoms with van der Waals surface area (Å²) in [6.45, 7) is 20.7. The molecule has 0 atom stereocenters. The van der Waals surface area contributed by atoms with Crippen LogP contribution in [0.5, 0.6) is 5.75 Å². The number of hydrogen-bond acceptors (Lipinski definition) is 12. The zero-order chi connectivity index (χ0) is 44.7. The van der Waals surface area contributed by atoms with Crippen LogP contribution < -0.4 is 31.7 Å². The van der Waals surface area contributed by atoms with Crippen molar-refractivity contribution in [2.75, 3.05) is 112 Å². The van der Waals surface area contributed by atoms with Gasteiger partial charge in [-0.15, -0.1) is 0 Å². The zero-order valence-corrected chi connectivity index (χ0v) is 38.3. The summed E-state index contributed by atoms with van der Waals surface area (Å²) in [5.74, 6) is 1.75. The molecule has 5 rings (SSSR count). The van der Waals surface area contributed by atoms with Crippen molar-refractivity contribution in [2.45, 2.75) is 78.4 Å². The summed E-state index contributed by atoms with van der Waals surface area (Å²) >= 11 is 0. The quantitative estimate of drug-likeness (QED) is 0.0441. The Bertz CT molecular complexity index is 1910. The van der Waals surface area contributed by atoms with E-state index in [4.69, 9.17) is 34.4 Å². The third-order valence-corrected chi connectivity index (χ3v) is 11.5. The van der Waals surface area contributed by atoms with Crippen molar-refractivity contribution in [1.82, 2.24) is 29.9 Å². The van der Waals surface area contributed by atoms with Crippen LogP contribution in [-0.2, 0) is 41.7 Å². The third kappa shape index (κ3) is 16.5. The lowest BCUT2D eigenvalue weighted by Gasteiger charge is -2.36. The number of carbonyl (C=O) groups is 2. The van der Waals surface area contributed by atoms with Crippen molar-refractivity contribution < 1.29 is 33.3 Å². The minimum absolute atomic E-state index is 0.207. The van der Waals surface area contributed by atoms with Crippen molar-refractivity contribution in [2.24, 2.45) is 10.7 Å². The van der Waals surface area contributed by atoms with Gasteiger partial charge in [0.15, 0.2) is 5.82 Å². The third-order valence-electron chi connectivity index (χ3n) is 11.5. The van der Waals surface area contributed by atoms with E-state index in [1.54, 1.807) is 7.11 Å². The summed E-state index contributed by atoms with van der Waals surface area (Å²) in [4.78, 5) is 34.6. The van der Waals surface area contributed by atoms with E-state index < -0.39 is 0 Å². The van der Waals surface area contributed by atoms with Crippen molar-refractivity contribution in [1.29, 1.82) is 0 Å². The van der Waals surface area contributed by atoms with Crippen molar-refractivity contribution in [3.63, 3.8) is 0 Å². The second kappa shape index (κ2) is 27.6. The smallest absolute Gasteiger partial charge is 0.253 e. The maximum atomic E-state index is 11.8. The highest BCUT2D eigenvalue weighted by Gasteiger charge is 2.25.